The fourth-order valence-electron chi connectivity index (χ4n) is 2.87. The van der Waals surface area contributed by atoms with Gasteiger partial charge in [0, 0.05) is 17.4 Å². The molecule has 1 aromatic carbocycles. The van der Waals surface area contributed by atoms with Crippen LogP contribution in [0.1, 0.15) is 59.9 Å². The van der Waals surface area contributed by atoms with Crippen LogP contribution in [0.4, 0.5) is 0 Å². The lowest BCUT2D eigenvalue weighted by Crippen LogP contribution is -2.13. The predicted octanol–water partition coefficient (Wildman–Crippen LogP) is 4.22. The number of rotatable bonds is 6. The van der Waals surface area contributed by atoms with E-state index in [-0.39, 0.29) is 6.61 Å². The van der Waals surface area contributed by atoms with Gasteiger partial charge in [-0.25, -0.2) is 4.79 Å². The SMILES string of the molecule is CCOC(=O)c1c(Oc2cc(C)c(C#N)c(S)c2)c(C2CC2)nn1CC. The summed E-state index contributed by atoms with van der Waals surface area (Å²) in [6, 6.07) is 5.59. The van der Waals surface area contributed by atoms with Crippen LogP contribution in [0.3, 0.4) is 0 Å². The number of nitriles is 1. The van der Waals surface area contributed by atoms with Gasteiger partial charge >= 0.3 is 5.97 Å². The van der Waals surface area contributed by atoms with Crippen molar-refractivity contribution in [2.45, 2.75) is 51.0 Å². The van der Waals surface area contributed by atoms with E-state index in [9.17, 15) is 10.1 Å². The maximum Gasteiger partial charge on any atom is 0.360 e. The van der Waals surface area contributed by atoms with Crippen molar-refractivity contribution in [2.75, 3.05) is 6.61 Å². The summed E-state index contributed by atoms with van der Waals surface area (Å²) in [5.74, 6) is 0.834. The Morgan fingerprint density at radius 2 is 2.15 bits per heavy atom. The van der Waals surface area contributed by atoms with Crippen molar-refractivity contribution in [2.24, 2.45) is 0 Å². The average molecular weight is 371 g/mol. The summed E-state index contributed by atoms with van der Waals surface area (Å²) in [5.41, 5.74) is 2.40. The summed E-state index contributed by atoms with van der Waals surface area (Å²) in [6.45, 7) is 6.34. The smallest absolute Gasteiger partial charge is 0.360 e. The van der Waals surface area contributed by atoms with Crippen molar-refractivity contribution < 1.29 is 14.3 Å². The molecule has 3 rings (SSSR count). The molecule has 6 nitrogen and oxygen atoms in total. The Morgan fingerprint density at radius 3 is 2.69 bits per heavy atom. The lowest BCUT2D eigenvalue weighted by atomic mass is 10.1. The molecule has 136 valence electrons. The molecule has 1 aliphatic rings. The lowest BCUT2D eigenvalue weighted by Gasteiger charge is -2.11. The minimum absolute atomic E-state index is 0.280. The highest BCUT2D eigenvalue weighted by atomic mass is 32.1. The van der Waals surface area contributed by atoms with Gasteiger partial charge in [-0.15, -0.1) is 12.6 Å². The highest BCUT2D eigenvalue weighted by Gasteiger charge is 2.35. The Kier molecular flexibility index (Phi) is 5.23. The number of aromatic nitrogens is 2. The van der Waals surface area contributed by atoms with E-state index in [4.69, 9.17) is 9.47 Å². The molecule has 0 aliphatic heterocycles. The molecule has 2 aromatic rings. The molecule has 0 atom stereocenters. The van der Waals surface area contributed by atoms with Crippen molar-refractivity contribution >= 4 is 18.6 Å². The highest BCUT2D eigenvalue weighted by Crippen LogP contribution is 2.46. The third-order valence-corrected chi connectivity index (χ3v) is 4.64. The summed E-state index contributed by atoms with van der Waals surface area (Å²) in [5, 5.41) is 13.8. The van der Waals surface area contributed by atoms with Gasteiger partial charge in [0.1, 0.15) is 17.5 Å². The number of carbonyl (C=O) groups excluding carboxylic acids is 1. The normalized spacial score (nSPS) is 13.3. The zero-order chi connectivity index (χ0) is 18.8. The van der Waals surface area contributed by atoms with E-state index in [0.29, 0.717) is 40.1 Å². The Labute approximate surface area is 158 Å². The van der Waals surface area contributed by atoms with E-state index in [0.717, 1.165) is 24.1 Å². The van der Waals surface area contributed by atoms with E-state index in [1.807, 2.05) is 13.8 Å². The van der Waals surface area contributed by atoms with E-state index < -0.39 is 5.97 Å². The van der Waals surface area contributed by atoms with Crippen LogP contribution >= 0.6 is 12.6 Å². The maximum atomic E-state index is 12.5. The van der Waals surface area contributed by atoms with Crippen molar-refractivity contribution in [1.29, 1.82) is 5.26 Å². The molecule has 1 fully saturated rings. The van der Waals surface area contributed by atoms with Gasteiger partial charge in [0.25, 0.3) is 0 Å². The molecule has 0 spiro atoms. The van der Waals surface area contributed by atoms with Crippen LogP contribution < -0.4 is 4.74 Å². The van der Waals surface area contributed by atoms with Crippen LogP contribution in [0, 0.1) is 18.3 Å². The van der Waals surface area contributed by atoms with Crippen molar-refractivity contribution in [3.05, 3.63) is 34.6 Å². The van der Waals surface area contributed by atoms with Crippen molar-refractivity contribution in [1.82, 2.24) is 9.78 Å². The van der Waals surface area contributed by atoms with Crippen LogP contribution in [-0.2, 0) is 11.3 Å². The number of benzene rings is 1. The van der Waals surface area contributed by atoms with E-state index in [1.165, 1.54) is 0 Å². The zero-order valence-electron chi connectivity index (χ0n) is 15.1. The lowest BCUT2D eigenvalue weighted by molar-refractivity contribution is 0.0509. The molecule has 1 aliphatic carbocycles. The monoisotopic (exact) mass is 371 g/mol. The predicted molar refractivity (Wildman–Crippen MR) is 99.1 cm³/mol. The molecule has 1 aromatic heterocycles. The number of hydrogen-bond donors (Lipinski definition) is 1. The number of thiol groups is 1. The number of ether oxygens (including phenoxy) is 2. The first kappa shape index (κ1) is 18.3. The van der Waals surface area contributed by atoms with Gasteiger partial charge in [-0.05, 0) is 51.3 Å². The second kappa shape index (κ2) is 7.42. The van der Waals surface area contributed by atoms with Gasteiger partial charge in [0.05, 0.1) is 12.2 Å². The second-order valence-electron chi connectivity index (χ2n) is 6.22. The molecule has 0 amide bonds. The molecular weight excluding hydrogens is 350 g/mol. The largest absolute Gasteiger partial charge is 0.461 e. The van der Waals surface area contributed by atoms with Gasteiger partial charge in [-0.1, -0.05) is 0 Å². The average Bonchev–Trinajstić information content (AvgIpc) is 3.37. The fraction of sp³-hybridized carbons (Fsp3) is 0.421. The van der Waals surface area contributed by atoms with Crippen LogP contribution in [0.15, 0.2) is 17.0 Å². The minimum atomic E-state index is -0.444. The van der Waals surface area contributed by atoms with Crippen LogP contribution in [0.25, 0.3) is 0 Å². The maximum absolute atomic E-state index is 12.5. The molecule has 0 unspecified atom stereocenters. The molecule has 0 bridgehead atoms. The van der Waals surface area contributed by atoms with Crippen molar-refractivity contribution in [3.63, 3.8) is 0 Å². The Morgan fingerprint density at radius 1 is 1.42 bits per heavy atom. The summed E-state index contributed by atoms with van der Waals surface area (Å²) in [7, 11) is 0. The Bertz CT molecular complexity index is 871. The zero-order valence-corrected chi connectivity index (χ0v) is 16.0. The number of esters is 1. The molecule has 0 radical (unpaired) electrons. The first-order valence-electron chi connectivity index (χ1n) is 8.69. The van der Waals surface area contributed by atoms with Gasteiger partial charge in [-0.3, -0.25) is 4.68 Å². The van der Waals surface area contributed by atoms with Crippen LogP contribution in [-0.4, -0.2) is 22.4 Å². The summed E-state index contributed by atoms with van der Waals surface area (Å²) >= 11 is 4.37. The Balaban J connectivity index is 2.07. The number of hydrogen-bond acceptors (Lipinski definition) is 6. The molecule has 7 heteroatoms. The van der Waals surface area contributed by atoms with E-state index in [2.05, 4.69) is 23.8 Å². The summed E-state index contributed by atoms with van der Waals surface area (Å²) in [4.78, 5) is 13.0. The molecule has 0 N–H and O–H groups in total. The first-order chi connectivity index (χ1) is 12.5. The second-order valence-corrected chi connectivity index (χ2v) is 6.70. The third-order valence-electron chi connectivity index (χ3n) is 4.29. The molecule has 1 heterocycles. The molecule has 26 heavy (non-hydrogen) atoms. The van der Waals surface area contributed by atoms with Gasteiger partial charge < -0.3 is 9.47 Å². The Hall–Kier alpha value is -2.46. The summed E-state index contributed by atoms with van der Waals surface area (Å²) in [6.07, 6.45) is 2.06. The topological polar surface area (TPSA) is 77.1 Å². The minimum Gasteiger partial charge on any atom is -0.461 e. The quantitative estimate of drug-likeness (QED) is 0.608. The van der Waals surface area contributed by atoms with Gasteiger partial charge in [-0.2, -0.15) is 10.4 Å². The fourth-order valence-corrected chi connectivity index (χ4v) is 3.23. The molecule has 1 saturated carbocycles. The molecule has 0 saturated heterocycles. The number of nitrogens with zero attached hydrogens (tertiary/aromatic N) is 3. The number of aryl methyl sites for hydroxylation is 2. The standard InChI is InChI=1S/C19H21N3O3S/c1-4-22-17(19(23)24-5-2)18(16(21-22)12-6-7-12)25-13-8-11(3)14(10-20)15(26)9-13/h8-9,12,26H,4-7H2,1-3H3. The van der Waals surface area contributed by atoms with E-state index in [1.54, 1.807) is 23.7 Å². The van der Waals surface area contributed by atoms with Crippen LogP contribution in [0.2, 0.25) is 0 Å². The van der Waals surface area contributed by atoms with Gasteiger partial charge in [0.2, 0.25) is 0 Å². The third kappa shape index (κ3) is 3.42. The summed E-state index contributed by atoms with van der Waals surface area (Å²) < 4.78 is 13.0. The molecular formula is C19H21N3O3S. The van der Waals surface area contributed by atoms with Crippen molar-refractivity contribution in [3.8, 4) is 17.6 Å². The number of carbonyl (C=O) groups is 1. The van der Waals surface area contributed by atoms with Gasteiger partial charge in [0.15, 0.2) is 11.4 Å². The highest BCUT2D eigenvalue weighted by molar-refractivity contribution is 7.80. The van der Waals surface area contributed by atoms with E-state index >= 15 is 0 Å². The first-order valence-corrected chi connectivity index (χ1v) is 9.14. The van der Waals surface area contributed by atoms with Crippen LogP contribution in [0.5, 0.6) is 11.5 Å².